The van der Waals surface area contributed by atoms with Crippen molar-refractivity contribution in [3.8, 4) is 34.4 Å². The number of imidazole rings is 1. The van der Waals surface area contributed by atoms with Crippen molar-refractivity contribution in [1.29, 1.82) is 5.26 Å². The molecule has 0 unspecified atom stereocenters. The molecule has 0 atom stereocenters. The van der Waals surface area contributed by atoms with Gasteiger partial charge in [-0.25, -0.2) is 15.0 Å². The van der Waals surface area contributed by atoms with Crippen molar-refractivity contribution in [3.63, 3.8) is 0 Å². The number of halogens is 1. The molecule has 32 heavy (non-hydrogen) atoms. The zero-order chi connectivity index (χ0) is 22.1. The number of nitriles is 1. The Balaban J connectivity index is 1.80. The number of alkyl halides is 1. The summed E-state index contributed by atoms with van der Waals surface area (Å²) in [5.74, 6) is 1.43. The summed E-state index contributed by atoms with van der Waals surface area (Å²) in [5.41, 5.74) is 11.9. The molecular formula is C24H16ClN7. The van der Waals surface area contributed by atoms with Gasteiger partial charge in [-0.05, 0) is 48.0 Å². The summed E-state index contributed by atoms with van der Waals surface area (Å²) in [5, 5.41) is 9.49. The molecule has 0 radical (unpaired) electrons. The predicted molar refractivity (Wildman–Crippen MR) is 124 cm³/mol. The standard InChI is InChI=1S/C24H16ClN7/c25-12-15-3-5-17(6-4-15)32-23(19-2-1-10-29-22(19)27)31-21-8-7-20(30-24(21)32)18-9-11-28-14-16(18)13-26/h1-11,14H,12H2,(H2,27,29). The van der Waals surface area contributed by atoms with Crippen LogP contribution in [0.15, 0.2) is 73.2 Å². The molecule has 4 aromatic heterocycles. The average Bonchev–Trinajstić information content (AvgIpc) is 3.22. The van der Waals surface area contributed by atoms with E-state index in [1.165, 1.54) is 6.20 Å². The molecule has 0 aliphatic heterocycles. The summed E-state index contributed by atoms with van der Waals surface area (Å²) in [7, 11) is 0. The van der Waals surface area contributed by atoms with Crippen LogP contribution in [0.2, 0.25) is 0 Å². The lowest BCUT2D eigenvalue weighted by molar-refractivity contribution is 1.07. The predicted octanol–water partition coefficient (Wildman–Crippen LogP) is 4.74. The number of pyridine rings is 3. The van der Waals surface area contributed by atoms with Gasteiger partial charge in [0.2, 0.25) is 0 Å². The van der Waals surface area contributed by atoms with Crippen molar-refractivity contribution in [1.82, 2.24) is 24.5 Å². The summed E-state index contributed by atoms with van der Waals surface area (Å²) < 4.78 is 1.94. The van der Waals surface area contributed by atoms with Gasteiger partial charge in [-0.15, -0.1) is 11.6 Å². The lowest BCUT2D eigenvalue weighted by atomic mass is 10.1. The van der Waals surface area contributed by atoms with E-state index in [9.17, 15) is 5.26 Å². The highest BCUT2D eigenvalue weighted by molar-refractivity contribution is 6.17. The van der Waals surface area contributed by atoms with Crippen molar-refractivity contribution in [3.05, 3.63) is 84.3 Å². The van der Waals surface area contributed by atoms with Crippen molar-refractivity contribution in [2.75, 3.05) is 5.73 Å². The van der Waals surface area contributed by atoms with E-state index < -0.39 is 0 Å². The van der Waals surface area contributed by atoms with Crippen LogP contribution in [0, 0.1) is 11.3 Å². The fraction of sp³-hybridized carbons (Fsp3) is 0.0417. The molecule has 5 aromatic rings. The highest BCUT2D eigenvalue weighted by Crippen LogP contribution is 2.32. The molecule has 0 saturated carbocycles. The number of nitrogen functional groups attached to an aromatic ring is 1. The molecule has 0 aliphatic carbocycles. The maximum atomic E-state index is 9.49. The van der Waals surface area contributed by atoms with Gasteiger partial charge in [0.25, 0.3) is 0 Å². The number of fused-ring (bicyclic) bond motifs is 1. The third kappa shape index (κ3) is 3.33. The molecule has 7 nitrogen and oxygen atoms in total. The molecule has 2 N–H and O–H groups in total. The molecule has 0 bridgehead atoms. The minimum absolute atomic E-state index is 0.377. The quantitative estimate of drug-likeness (QED) is 0.407. The van der Waals surface area contributed by atoms with Crippen molar-refractivity contribution in [2.24, 2.45) is 0 Å². The van der Waals surface area contributed by atoms with Crippen molar-refractivity contribution < 1.29 is 0 Å². The van der Waals surface area contributed by atoms with Crippen LogP contribution in [0.4, 0.5) is 5.82 Å². The molecule has 4 heterocycles. The molecule has 1 aromatic carbocycles. The van der Waals surface area contributed by atoms with E-state index in [1.54, 1.807) is 18.5 Å². The lowest BCUT2D eigenvalue weighted by Crippen LogP contribution is -2.02. The number of rotatable bonds is 4. The number of hydrogen-bond donors (Lipinski definition) is 1. The molecule has 0 amide bonds. The second-order valence-corrected chi connectivity index (χ2v) is 7.35. The van der Waals surface area contributed by atoms with Gasteiger partial charge in [0.15, 0.2) is 11.5 Å². The SMILES string of the molecule is N#Cc1cnccc1-c1ccc2nc(-c3cccnc3N)n(-c3ccc(CCl)cc3)c2n1. The number of anilines is 1. The summed E-state index contributed by atoms with van der Waals surface area (Å²) in [6, 6.07) is 19.3. The van der Waals surface area contributed by atoms with Gasteiger partial charge in [-0.1, -0.05) is 12.1 Å². The van der Waals surface area contributed by atoms with E-state index in [-0.39, 0.29) is 0 Å². The minimum Gasteiger partial charge on any atom is -0.383 e. The van der Waals surface area contributed by atoms with Crippen LogP contribution in [-0.2, 0) is 5.88 Å². The van der Waals surface area contributed by atoms with Crippen LogP contribution in [0.1, 0.15) is 11.1 Å². The van der Waals surface area contributed by atoms with Gasteiger partial charge in [0.05, 0.1) is 16.8 Å². The Morgan fingerprint density at radius 1 is 0.969 bits per heavy atom. The van der Waals surface area contributed by atoms with Crippen LogP contribution in [0.3, 0.4) is 0 Å². The summed E-state index contributed by atoms with van der Waals surface area (Å²) in [4.78, 5) is 18.0. The molecule has 5 rings (SSSR count). The van der Waals surface area contributed by atoms with E-state index in [4.69, 9.17) is 27.3 Å². The Morgan fingerprint density at radius 2 is 1.81 bits per heavy atom. The van der Waals surface area contributed by atoms with Gasteiger partial charge in [-0.3, -0.25) is 9.55 Å². The Hall–Kier alpha value is -4.28. The van der Waals surface area contributed by atoms with E-state index >= 15 is 0 Å². The van der Waals surface area contributed by atoms with E-state index in [0.29, 0.717) is 51.1 Å². The fourth-order valence-corrected chi connectivity index (χ4v) is 3.76. The fourth-order valence-electron chi connectivity index (χ4n) is 3.58. The van der Waals surface area contributed by atoms with E-state index in [0.717, 1.165) is 11.3 Å². The molecule has 154 valence electrons. The Morgan fingerprint density at radius 3 is 2.56 bits per heavy atom. The first-order valence-electron chi connectivity index (χ1n) is 9.79. The first-order chi connectivity index (χ1) is 15.7. The summed E-state index contributed by atoms with van der Waals surface area (Å²) in [6.07, 6.45) is 4.82. The lowest BCUT2D eigenvalue weighted by Gasteiger charge is -2.11. The maximum absolute atomic E-state index is 9.49. The topological polar surface area (TPSA) is 106 Å². The minimum atomic E-state index is 0.377. The van der Waals surface area contributed by atoms with Gasteiger partial charge in [0, 0.05) is 35.7 Å². The first-order valence-corrected chi connectivity index (χ1v) is 10.3. The van der Waals surface area contributed by atoms with Crippen LogP contribution >= 0.6 is 11.6 Å². The van der Waals surface area contributed by atoms with Crippen molar-refractivity contribution in [2.45, 2.75) is 5.88 Å². The van der Waals surface area contributed by atoms with Gasteiger partial charge in [-0.2, -0.15) is 5.26 Å². The number of nitrogens with zero attached hydrogens (tertiary/aromatic N) is 6. The van der Waals surface area contributed by atoms with Gasteiger partial charge < -0.3 is 5.73 Å². The van der Waals surface area contributed by atoms with Gasteiger partial charge in [0.1, 0.15) is 17.4 Å². The molecular weight excluding hydrogens is 422 g/mol. The first kappa shape index (κ1) is 19.7. The Labute approximate surface area is 188 Å². The van der Waals surface area contributed by atoms with Crippen LogP contribution in [0.25, 0.3) is 39.5 Å². The number of nitrogens with two attached hydrogens (primary N) is 1. The van der Waals surface area contributed by atoms with Crippen LogP contribution in [0.5, 0.6) is 0 Å². The summed E-state index contributed by atoms with van der Waals surface area (Å²) >= 11 is 5.98. The largest absolute Gasteiger partial charge is 0.383 e. The molecule has 0 fully saturated rings. The second-order valence-electron chi connectivity index (χ2n) is 7.08. The van der Waals surface area contributed by atoms with Crippen molar-refractivity contribution >= 4 is 28.6 Å². The highest BCUT2D eigenvalue weighted by Gasteiger charge is 2.19. The Kier molecular flexibility index (Phi) is 4.98. The highest BCUT2D eigenvalue weighted by atomic mass is 35.5. The molecule has 0 saturated heterocycles. The second kappa shape index (κ2) is 8.10. The third-order valence-corrected chi connectivity index (χ3v) is 5.46. The summed E-state index contributed by atoms with van der Waals surface area (Å²) in [6.45, 7) is 0. The van der Waals surface area contributed by atoms with E-state index in [1.807, 2.05) is 53.1 Å². The molecule has 8 heteroatoms. The number of hydrogen-bond acceptors (Lipinski definition) is 6. The smallest absolute Gasteiger partial charge is 0.165 e. The average molecular weight is 438 g/mol. The molecule has 0 aliphatic rings. The van der Waals surface area contributed by atoms with Crippen LogP contribution in [-0.4, -0.2) is 24.5 Å². The van der Waals surface area contributed by atoms with E-state index in [2.05, 4.69) is 16.0 Å². The number of aromatic nitrogens is 5. The van der Waals surface area contributed by atoms with Gasteiger partial charge >= 0.3 is 0 Å². The Bertz CT molecular complexity index is 1480. The third-order valence-electron chi connectivity index (χ3n) is 5.15. The zero-order valence-corrected chi connectivity index (χ0v) is 17.5. The monoisotopic (exact) mass is 437 g/mol. The zero-order valence-electron chi connectivity index (χ0n) is 16.8. The normalized spacial score (nSPS) is 10.9. The number of benzene rings is 1. The maximum Gasteiger partial charge on any atom is 0.165 e. The molecule has 0 spiro atoms. The van der Waals surface area contributed by atoms with Crippen LogP contribution < -0.4 is 5.73 Å².